The number of rotatable bonds is 9. The molecule has 1 N–H and O–H groups in total. The summed E-state index contributed by atoms with van der Waals surface area (Å²) in [5, 5.41) is 2.87. The van der Waals surface area contributed by atoms with E-state index in [4.69, 9.17) is 4.74 Å². The Morgan fingerprint density at radius 1 is 1.14 bits per heavy atom. The molecule has 5 heteroatoms. The number of esters is 1. The van der Waals surface area contributed by atoms with E-state index < -0.39 is 0 Å². The van der Waals surface area contributed by atoms with Crippen molar-refractivity contribution in [2.24, 2.45) is 0 Å². The van der Waals surface area contributed by atoms with E-state index in [1.54, 1.807) is 13.2 Å². The SMILES string of the molecule is COCc1cccc(C(=O)NCCCCCC(=O)OC)c1. The van der Waals surface area contributed by atoms with Gasteiger partial charge in [-0.1, -0.05) is 18.6 Å². The summed E-state index contributed by atoms with van der Waals surface area (Å²) in [7, 11) is 3.02. The van der Waals surface area contributed by atoms with Crippen LogP contribution in [0.3, 0.4) is 0 Å². The Morgan fingerprint density at radius 3 is 2.67 bits per heavy atom. The number of ether oxygens (including phenoxy) is 2. The minimum absolute atomic E-state index is 0.0825. The largest absolute Gasteiger partial charge is 0.469 e. The molecule has 0 bridgehead atoms. The van der Waals surface area contributed by atoms with Crippen molar-refractivity contribution in [3.63, 3.8) is 0 Å². The van der Waals surface area contributed by atoms with Crippen LogP contribution in [0.1, 0.15) is 41.6 Å². The van der Waals surface area contributed by atoms with Crippen LogP contribution in [0.2, 0.25) is 0 Å². The van der Waals surface area contributed by atoms with E-state index in [0.29, 0.717) is 25.1 Å². The molecule has 0 spiro atoms. The van der Waals surface area contributed by atoms with Crippen LogP contribution in [0.15, 0.2) is 24.3 Å². The van der Waals surface area contributed by atoms with Gasteiger partial charge in [-0.05, 0) is 30.5 Å². The fraction of sp³-hybridized carbons (Fsp3) is 0.500. The molecule has 0 aromatic heterocycles. The second-order valence-electron chi connectivity index (χ2n) is 4.78. The Kier molecular flexibility index (Phi) is 8.12. The highest BCUT2D eigenvalue weighted by Gasteiger charge is 2.05. The predicted octanol–water partition coefficient (Wildman–Crippen LogP) is 2.30. The van der Waals surface area contributed by atoms with Crippen LogP contribution in [0.5, 0.6) is 0 Å². The van der Waals surface area contributed by atoms with E-state index in [9.17, 15) is 9.59 Å². The second kappa shape index (κ2) is 9.94. The molecule has 116 valence electrons. The molecule has 21 heavy (non-hydrogen) atoms. The van der Waals surface area contributed by atoms with Crippen LogP contribution >= 0.6 is 0 Å². The average Bonchev–Trinajstić information content (AvgIpc) is 2.50. The molecule has 0 atom stereocenters. The Morgan fingerprint density at radius 2 is 1.95 bits per heavy atom. The minimum atomic E-state index is -0.186. The first-order valence-corrected chi connectivity index (χ1v) is 7.10. The third kappa shape index (κ3) is 6.90. The third-order valence-corrected chi connectivity index (χ3v) is 3.07. The van der Waals surface area contributed by atoms with Crippen LogP contribution in [0, 0.1) is 0 Å². The van der Waals surface area contributed by atoms with Crippen molar-refractivity contribution in [2.75, 3.05) is 20.8 Å². The third-order valence-electron chi connectivity index (χ3n) is 3.07. The van der Waals surface area contributed by atoms with Gasteiger partial charge in [-0.25, -0.2) is 0 Å². The van der Waals surface area contributed by atoms with Gasteiger partial charge in [-0.2, -0.15) is 0 Å². The van der Waals surface area contributed by atoms with Crippen molar-refractivity contribution >= 4 is 11.9 Å². The molecule has 1 aromatic carbocycles. The van der Waals surface area contributed by atoms with Gasteiger partial charge in [0.05, 0.1) is 13.7 Å². The van der Waals surface area contributed by atoms with Crippen molar-refractivity contribution in [3.8, 4) is 0 Å². The van der Waals surface area contributed by atoms with Crippen molar-refractivity contribution in [3.05, 3.63) is 35.4 Å². The van der Waals surface area contributed by atoms with Gasteiger partial charge in [0.15, 0.2) is 0 Å². The van der Waals surface area contributed by atoms with E-state index in [1.165, 1.54) is 7.11 Å². The monoisotopic (exact) mass is 293 g/mol. The fourth-order valence-corrected chi connectivity index (χ4v) is 1.95. The smallest absolute Gasteiger partial charge is 0.305 e. The summed E-state index contributed by atoms with van der Waals surface area (Å²) in [6, 6.07) is 7.38. The lowest BCUT2D eigenvalue weighted by atomic mass is 10.1. The van der Waals surface area contributed by atoms with Crippen LogP contribution in [0.25, 0.3) is 0 Å². The maximum atomic E-state index is 12.0. The summed E-state index contributed by atoms with van der Waals surface area (Å²) in [5.74, 6) is -0.269. The number of hydrogen-bond acceptors (Lipinski definition) is 4. The Hall–Kier alpha value is -1.88. The summed E-state index contributed by atoms with van der Waals surface area (Å²) in [6.45, 7) is 1.10. The zero-order valence-corrected chi connectivity index (χ0v) is 12.7. The van der Waals surface area contributed by atoms with Crippen molar-refractivity contribution in [1.82, 2.24) is 5.32 Å². The van der Waals surface area contributed by atoms with Gasteiger partial charge >= 0.3 is 5.97 Å². The summed E-state index contributed by atoms with van der Waals surface area (Å²) < 4.78 is 9.61. The maximum absolute atomic E-state index is 12.0. The number of unbranched alkanes of at least 4 members (excludes halogenated alkanes) is 2. The lowest BCUT2D eigenvalue weighted by Crippen LogP contribution is -2.24. The molecule has 5 nitrogen and oxygen atoms in total. The fourth-order valence-electron chi connectivity index (χ4n) is 1.95. The molecular formula is C16H23NO4. The molecule has 0 aliphatic carbocycles. The van der Waals surface area contributed by atoms with Crippen molar-refractivity contribution in [2.45, 2.75) is 32.3 Å². The molecule has 1 aromatic rings. The van der Waals surface area contributed by atoms with E-state index in [-0.39, 0.29) is 11.9 Å². The van der Waals surface area contributed by atoms with Gasteiger partial charge in [0.2, 0.25) is 0 Å². The molecule has 0 fully saturated rings. The van der Waals surface area contributed by atoms with E-state index in [1.807, 2.05) is 18.2 Å². The maximum Gasteiger partial charge on any atom is 0.305 e. The normalized spacial score (nSPS) is 10.2. The second-order valence-corrected chi connectivity index (χ2v) is 4.78. The van der Waals surface area contributed by atoms with Gasteiger partial charge in [0.25, 0.3) is 5.91 Å². The zero-order valence-electron chi connectivity index (χ0n) is 12.7. The predicted molar refractivity (Wildman–Crippen MR) is 80.0 cm³/mol. The first-order valence-electron chi connectivity index (χ1n) is 7.10. The first kappa shape index (κ1) is 17.2. The molecule has 1 amide bonds. The summed E-state index contributed by atoms with van der Waals surface area (Å²) in [5.41, 5.74) is 1.61. The number of carbonyl (C=O) groups excluding carboxylic acids is 2. The Balaban J connectivity index is 2.24. The highest BCUT2D eigenvalue weighted by atomic mass is 16.5. The highest BCUT2D eigenvalue weighted by Crippen LogP contribution is 2.06. The van der Waals surface area contributed by atoms with Gasteiger partial charge < -0.3 is 14.8 Å². The van der Waals surface area contributed by atoms with E-state index >= 15 is 0 Å². The number of hydrogen-bond donors (Lipinski definition) is 1. The topological polar surface area (TPSA) is 64.6 Å². The number of nitrogens with one attached hydrogen (secondary N) is 1. The zero-order chi connectivity index (χ0) is 15.5. The van der Waals surface area contributed by atoms with Crippen LogP contribution in [-0.2, 0) is 20.9 Å². The summed E-state index contributed by atoms with van der Waals surface area (Å²) >= 11 is 0. The van der Waals surface area contributed by atoms with E-state index in [2.05, 4.69) is 10.1 Å². The van der Waals surface area contributed by atoms with Gasteiger partial charge in [-0.3, -0.25) is 9.59 Å². The summed E-state index contributed by atoms with van der Waals surface area (Å²) in [4.78, 5) is 22.9. The molecule has 0 saturated heterocycles. The number of benzene rings is 1. The quantitative estimate of drug-likeness (QED) is 0.560. The van der Waals surface area contributed by atoms with E-state index in [0.717, 1.165) is 24.8 Å². The average molecular weight is 293 g/mol. The molecule has 0 saturated carbocycles. The molecule has 0 radical (unpaired) electrons. The van der Waals surface area contributed by atoms with Gasteiger partial charge in [0, 0.05) is 25.6 Å². The van der Waals surface area contributed by atoms with Gasteiger partial charge in [0.1, 0.15) is 0 Å². The molecular weight excluding hydrogens is 270 g/mol. The lowest BCUT2D eigenvalue weighted by Gasteiger charge is -2.07. The molecule has 0 heterocycles. The highest BCUT2D eigenvalue weighted by molar-refractivity contribution is 5.94. The van der Waals surface area contributed by atoms with Crippen molar-refractivity contribution in [1.29, 1.82) is 0 Å². The molecule has 0 unspecified atom stereocenters. The standard InChI is InChI=1S/C16H23NO4/c1-20-12-13-7-6-8-14(11-13)16(19)17-10-5-3-4-9-15(18)21-2/h6-8,11H,3-5,9-10,12H2,1-2H3,(H,17,19). The number of carbonyl (C=O) groups is 2. The minimum Gasteiger partial charge on any atom is -0.469 e. The summed E-state index contributed by atoms with van der Waals surface area (Å²) in [6.07, 6.45) is 2.95. The Labute approximate surface area is 125 Å². The number of methoxy groups -OCH3 is 2. The van der Waals surface area contributed by atoms with Gasteiger partial charge in [-0.15, -0.1) is 0 Å². The van der Waals surface area contributed by atoms with Crippen LogP contribution in [-0.4, -0.2) is 32.6 Å². The molecule has 0 aliphatic rings. The first-order chi connectivity index (χ1) is 10.2. The lowest BCUT2D eigenvalue weighted by molar-refractivity contribution is -0.140. The van der Waals surface area contributed by atoms with Crippen LogP contribution in [0.4, 0.5) is 0 Å². The number of amides is 1. The molecule has 1 rings (SSSR count). The van der Waals surface area contributed by atoms with Crippen molar-refractivity contribution < 1.29 is 19.1 Å². The molecule has 0 aliphatic heterocycles. The van der Waals surface area contributed by atoms with Crippen LogP contribution < -0.4 is 5.32 Å². The Bertz CT molecular complexity index is 459.